The lowest BCUT2D eigenvalue weighted by Gasteiger charge is -2.19. The molecule has 1 aliphatic heterocycles. The van der Waals surface area contributed by atoms with Crippen molar-refractivity contribution >= 4 is 30.1 Å². The van der Waals surface area contributed by atoms with Crippen LogP contribution in [0.3, 0.4) is 0 Å². The maximum absolute atomic E-state index is 12.7. The number of carbonyl (C=O) groups is 1. The largest absolute Gasteiger partial charge is 0.338 e. The Bertz CT molecular complexity index is 467. The van der Waals surface area contributed by atoms with Crippen LogP contribution < -0.4 is 5.32 Å². The van der Waals surface area contributed by atoms with E-state index in [4.69, 9.17) is 0 Å². The standard InChI is InChI=1S/C16H24N2OS.ClH/c1-12(2)20-15-7-5-4-6-14(15)16(19)18-9-8-13(11-18)10-17-3;/h4-7,12-13,17H,8-11H2,1-3H3;1H. The van der Waals surface area contributed by atoms with Crippen molar-refractivity contribution in [2.75, 3.05) is 26.7 Å². The van der Waals surface area contributed by atoms with Gasteiger partial charge in [0.15, 0.2) is 0 Å². The molecule has 5 heteroatoms. The Morgan fingerprint density at radius 1 is 1.43 bits per heavy atom. The number of rotatable bonds is 5. The van der Waals surface area contributed by atoms with Gasteiger partial charge in [-0.2, -0.15) is 0 Å². The van der Waals surface area contributed by atoms with Crippen molar-refractivity contribution in [3.63, 3.8) is 0 Å². The van der Waals surface area contributed by atoms with Gasteiger partial charge >= 0.3 is 0 Å². The summed E-state index contributed by atoms with van der Waals surface area (Å²) < 4.78 is 0. The summed E-state index contributed by atoms with van der Waals surface area (Å²) in [5.74, 6) is 0.779. The van der Waals surface area contributed by atoms with Crippen LogP contribution in [0.5, 0.6) is 0 Å². The molecular weight excluding hydrogens is 304 g/mol. The molecule has 118 valence electrons. The molecule has 1 aromatic rings. The number of halogens is 1. The first-order valence-corrected chi connectivity index (χ1v) is 8.19. The van der Waals surface area contributed by atoms with Crippen LogP contribution in [0.4, 0.5) is 0 Å². The van der Waals surface area contributed by atoms with E-state index < -0.39 is 0 Å². The van der Waals surface area contributed by atoms with E-state index in [0.717, 1.165) is 36.5 Å². The predicted molar refractivity (Wildman–Crippen MR) is 92.6 cm³/mol. The van der Waals surface area contributed by atoms with E-state index in [1.54, 1.807) is 11.8 Å². The molecule has 0 radical (unpaired) electrons. The van der Waals surface area contributed by atoms with Gasteiger partial charge in [-0.25, -0.2) is 0 Å². The smallest absolute Gasteiger partial charge is 0.254 e. The number of hydrogen-bond acceptors (Lipinski definition) is 3. The third kappa shape index (κ3) is 4.90. The van der Waals surface area contributed by atoms with Crippen LogP contribution >= 0.6 is 24.2 Å². The summed E-state index contributed by atoms with van der Waals surface area (Å²) in [4.78, 5) is 15.8. The highest BCUT2D eigenvalue weighted by Gasteiger charge is 2.27. The molecule has 1 amide bonds. The van der Waals surface area contributed by atoms with Gasteiger partial charge in [-0.3, -0.25) is 4.79 Å². The summed E-state index contributed by atoms with van der Waals surface area (Å²) >= 11 is 1.76. The average Bonchev–Trinajstić information content (AvgIpc) is 2.87. The van der Waals surface area contributed by atoms with E-state index in [0.29, 0.717) is 11.2 Å². The van der Waals surface area contributed by atoms with Gasteiger partial charge in [0.2, 0.25) is 0 Å². The summed E-state index contributed by atoms with van der Waals surface area (Å²) in [5, 5.41) is 3.69. The zero-order chi connectivity index (χ0) is 14.5. The second kappa shape index (κ2) is 8.66. The monoisotopic (exact) mass is 328 g/mol. The fourth-order valence-electron chi connectivity index (χ4n) is 2.64. The number of hydrogen-bond donors (Lipinski definition) is 1. The van der Waals surface area contributed by atoms with E-state index in [1.165, 1.54) is 0 Å². The molecule has 0 aliphatic carbocycles. The summed E-state index contributed by atoms with van der Waals surface area (Å²) in [6.45, 7) is 7.06. The number of carbonyl (C=O) groups excluding carboxylic acids is 1. The van der Waals surface area contributed by atoms with Crippen LogP contribution in [0.25, 0.3) is 0 Å². The molecule has 1 unspecified atom stereocenters. The minimum Gasteiger partial charge on any atom is -0.338 e. The minimum absolute atomic E-state index is 0. The lowest BCUT2D eigenvalue weighted by atomic mass is 10.1. The van der Waals surface area contributed by atoms with Crippen LogP contribution in [-0.2, 0) is 0 Å². The Morgan fingerprint density at radius 3 is 2.81 bits per heavy atom. The van der Waals surface area contributed by atoms with E-state index in [9.17, 15) is 4.79 Å². The van der Waals surface area contributed by atoms with Crippen LogP contribution in [-0.4, -0.2) is 42.7 Å². The molecule has 0 aromatic heterocycles. The number of nitrogens with one attached hydrogen (secondary N) is 1. The van der Waals surface area contributed by atoms with Crippen molar-refractivity contribution in [3.8, 4) is 0 Å². The van der Waals surface area contributed by atoms with Crippen LogP contribution in [0, 0.1) is 5.92 Å². The quantitative estimate of drug-likeness (QED) is 0.842. The Kier molecular flexibility index (Phi) is 7.57. The molecule has 0 saturated carbocycles. The second-order valence-electron chi connectivity index (χ2n) is 5.63. The topological polar surface area (TPSA) is 32.3 Å². The summed E-state index contributed by atoms with van der Waals surface area (Å²) in [5.41, 5.74) is 0.858. The highest BCUT2D eigenvalue weighted by atomic mass is 35.5. The van der Waals surface area contributed by atoms with Gasteiger partial charge in [0.05, 0.1) is 5.56 Å². The van der Waals surface area contributed by atoms with Gasteiger partial charge in [-0.15, -0.1) is 24.2 Å². The molecule has 2 rings (SSSR count). The Labute approximate surface area is 138 Å². The zero-order valence-electron chi connectivity index (χ0n) is 13.0. The molecule has 1 N–H and O–H groups in total. The Morgan fingerprint density at radius 2 is 2.14 bits per heavy atom. The SMILES string of the molecule is CNCC1CCN(C(=O)c2ccccc2SC(C)C)C1.Cl. The molecule has 1 fully saturated rings. The van der Waals surface area contributed by atoms with Gasteiger partial charge in [-0.05, 0) is 38.1 Å². The maximum Gasteiger partial charge on any atom is 0.254 e. The number of thioether (sulfide) groups is 1. The van der Waals surface area contributed by atoms with Crippen molar-refractivity contribution < 1.29 is 4.79 Å². The molecule has 0 spiro atoms. The first kappa shape index (κ1) is 18.3. The van der Waals surface area contributed by atoms with Gasteiger partial charge in [0.1, 0.15) is 0 Å². The summed E-state index contributed by atoms with van der Waals surface area (Å²) in [6, 6.07) is 7.98. The van der Waals surface area contributed by atoms with Crippen molar-refractivity contribution in [3.05, 3.63) is 29.8 Å². The lowest BCUT2D eigenvalue weighted by molar-refractivity contribution is 0.0784. The summed E-state index contributed by atoms with van der Waals surface area (Å²) in [6.07, 6.45) is 1.10. The van der Waals surface area contributed by atoms with E-state index in [1.807, 2.05) is 30.1 Å². The third-order valence-corrected chi connectivity index (χ3v) is 4.63. The molecule has 1 aromatic carbocycles. The van der Waals surface area contributed by atoms with Crippen LogP contribution in [0.15, 0.2) is 29.2 Å². The first-order chi connectivity index (χ1) is 9.61. The van der Waals surface area contributed by atoms with Gasteiger partial charge < -0.3 is 10.2 Å². The highest BCUT2D eigenvalue weighted by Crippen LogP contribution is 2.28. The van der Waals surface area contributed by atoms with Crippen molar-refractivity contribution in [1.29, 1.82) is 0 Å². The fourth-order valence-corrected chi connectivity index (χ4v) is 3.59. The number of amides is 1. The zero-order valence-corrected chi connectivity index (χ0v) is 14.6. The Balaban J connectivity index is 0.00000220. The molecule has 1 heterocycles. The normalized spacial score (nSPS) is 17.9. The van der Waals surface area contributed by atoms with Crippen molar-refractivity contribution in [1.82, 2.24) is 10.2 Å². The minimum atomic E-state index is 0. The second-order valence-corrected chi connectivity index (χ2v) is 7.24. The van der Waals surface area contributed by atoms with Crippen molar-refractivity contribution in [2.24, 2.45) is 5.92 Å². The van der Waals surface area contributed by atoms with E-state index in [2.05, 4.69) is 25.2 Å². The van der Waals surface area contributed by atoms with Gasteiger partial charge in [-0.1, -0.05) is 26.0 Å². The number of likely N-dealkylation sites (tertiary alicyclic amines) is 1. The molecule has 21 heavy (non-hydrogen) atoms. The Hall–Kier alpha value is -0.710. The lowest BCUT2D eigenvalue weighted by Crippen LogP contribution is -2.30. The molecule has 1 atom stereocenters. The molecular formula is C16H25ClN2OS. The highest BCUT2D eigenvalue weighted by molar-refractivity contribution is 8.00. The van der Waals surface area contributed by atoms with Crippen LogP contribution in [0.2, 0.25) is 0 Å². The predicted octanol–water partition coefficient (Wildman–Crippen LogP) is 3.29. The summed E-state index contributed by atoms with van der Waals surface area (Å²) in [7, 11) is 1.97. The molecule has 3 nitrogen and oxygen atoms in total. The molecule has 1 aliphatic rings. The number of nitrogens with zero attached hydrogens (tertiary/aromatic N) is 1. The molecule has 0 bridgehead atoms. The maximum atomic E-state index is 12.7. The van der Waals surface area contributed by atoms with Crippen molar-refractivity contribution in [2.45, 2.75) is 30.4 Å². The van der Waals surface area contributed by atoms with Gasteiger partial charge in [0.25, 0.3) is 5.91 Å². The fraction of sp³-hybridized carbons (Fsp3) is 0.562. The number of benzene rings is 1. The molecule has 1 saturated heterocycles. The van der Waals surface area contributed by atoms with E-state index >= 15 is 0 Å². The average molecular weight is 329 g/mol. The third-order valence-electron chi connectivity index (χ3n) is 3.55. The van der Waals surface area contributed by atoms with Gasteiger partial charge in [0, 0.05) is 23.2 Å². The first-order valence-electron chi connectivity index (χ1n) is 7.31. The van der Waals surface area contributed by atoms with Crippen LogP contribution in [0.1, 0.15) is 30.6 Å². The van der Waals surface area contributed by atoms with E-state index in [-0.39, 0.29) is 18.3 Å².